The number of rotatable bonds is 4. The van der Waals surface area contributed by atoms with E-state index in [1.54, 1.807) is 26.2 Å². The molecule has 2 aromatic heterocycles. The lowest BCUT2D eigenvalue weighted by molar-refractivity contribution is -0.131. The van der Waals surface area contributed by atoms with Crippen LogP contribution in [0.3, 0.4) is 0 Å². The van der Waals surface area contributed by atoms with E-state index in [2.05, 4.69) is 19.9 Å². The highest BCUT2D eigenvalue weighted by molar-refractivity contribution is 5.79. The van der Waals surface area contributed by atoms with Crippen molar-refractivity contribution in [2.75, 3.05) is 7.05 Å². The summed E-state index contributed by atoms with van der Waals surface area (Å²) in [5.41, 5.74) is 0.230. The van der Waals surface area contributed by atoms with Crippen LogP contribution >= 0.6 is 0 Å². The van der Waals surface area contributed by atoms with E-state index in [0.29, 0.717) is 11.4 Å². The maximum Gasteiger partial charge on any atom is 0.325 e. The van der Waals surface area contributed by atoms with E-state index in [-0.39, 0.29) is 23.9 Å². The van der Waals surface area contributed by atoms with Gasteiger partial charge < -0.3 is 9.88 Å². The monoisotopic (exact) mass is 303 g/mol. The molecule has 2 aromatic rings. The second-order valence-corrected chi connectivity index (χ2v) is 5.00. The minimum absolute atomic E-state index is 0.0934. The number of aryl methyl sites for hydroxylation is 1. The third-order valence-electron chi connectivity index (χ3n) is 3.59. The molecule has 0 aromatic carbocycles. The third kappa shape index (κ3) is 3.27. The summed E-state index contributed by atoms with van der Waals surface area (Å²) in [4.78, 5) is 49.4. The molecular formula is C14H17N5O3. The van der Waals surface area contributed by atoms with Gasteiger partial charge in [-0.3, -0.25) is 14.6 Å². The zero-order chi connectivity index (χ0) is 16.3. The van der Waals surface area contributed by atoms with E-state index in [4.69, 9.17) is 0 Å². The highest BCUT2D eigenvalue weighted by atomic mass is 16.2. The number of carbonyl (C=O) groups is 1. The van der Waals surface area contributed by atoms with Gasteiger partial charge in [0.05, 0.1) is 18.2 Å². The average molecular weight is 303 g/mol. The van der Waals surface area contributed by atoms with Crippen LogP contribution in [0.4, 0.5) is 0 Å². The van der Waals surface area contributed by atoms with Crippen LogP contribution in [0, 0.1) is 6.92 Å². The van der Waals surface area contributed by atoms with Crippen molar-refractivity contribution in [3.05, 3.63) is 56.4 Å². The molecule has 1 amide bonds. The first kappa shape index (κ1) is 15.6. The molecule has 8 heteroatoms. The Balaban J connectivity index is 2.19. The molecule has 0 radical (unpaired) electrons. The number of aromatic nitrogens is 4. The lowest BCUT2D eigenvalue weighted by atomic mass is 10.1. The van der Waals surface area contributed by atoms with Gasteiger partial charge in [0.2, 0.25) is 5.91 Å². The molecule has 0 fully saturated rings. The van der Waals surface area contributed by atoms with Crippen LogP contribution in [0.1, 0.15) is 29.9 Å². The molecule has 0 aliphatic rings. The molecule has 0 spiro atoms. The van der Waals surface area contributed by atoms with E-state index in [9.17, 15) is 14.4 Å². The summed E-state index contributed by atoms with van der Waals surface area (Å²) in [5, 5.41) is 0. The zero-order valence-corrected chi connectivity index (χ0v) is 12.6. The Morgan fingerprint density at radius 2 is 2.09 bits per heavy atom. The van der Waals surface area contributed by atoms with Crippen LogP contribution in [-0.2, 0) is 11.2 Å². The van der Waals surface area contributed by atoms with Gasteiger partial charge in [0, 0.05) is 24.5 Å². The number of aromatic amines is 2. The van der Waals surface area contributed by atoms with E-state index >= 15 is 0 Å². The standard InChI is InChI=1S/C14H17N5O3/c1-8-10(13(21)18-14(22)17-8)6-12(20)19(3)9(2)11-4-5-15-7-16-11/h4-5,7,9H,6H2,1-3H3,(H2,17,18,21,22)/t9-/m0/s1. The number of nitrogens with one attached hydrogen (secondary N) is 2. The SMILES string of the molecule is Cc1[nH]c(=O)[nH]c(=O)c1CC(=O)N(C)[C@@H](C)c1ccncn1. The van der Waals surface area contributed by atoms with Crippen LogP contribution in [0.2, 0.25) is 0 Å². The highest BCUT2D eigenvalue weighted by Crippen LogP contribution is 2.16. The van der Waals surface area contributed by atoms with E-state index < -0.39 is 11.2 Å². The molecule has 0 aliphatic carbocycles. The van der Waals surface area contributed by atoms with Crippen LogP contribution in [0.25, 0.3) is 0 Å². The van der Waals surface area contributed by atoms with Gasteiger partial charge in [-0.2, -0.15) is 0 Å². The maximum absolute atomic E-state index is 12.4. The fourth-order valence-corrected chi connectivity index (χ4v) is 2.08. The Labute approximate surface area is 126 Å². The van der Waals surface area contributed by atoms with Gasteiger partial charge in [0.15, 0.2) is 0 Å². The van der Waals surface area contributed by atoms with Gasteiger partial charge in [-0.15, -0.1) is 0 Å². The van der Waals surface area contributed by atoms with Gasteiger partial charge >= 0.3 is 5.69 Å². The van der Waals surface area contributed by atoms with Crippen molar-refractivity contribution in [3.63, 3.8) is 0 Å². The molecule has 0 bridgehead atoms. The lowest BCUT2D eigenvalue weighted by Crippen LogP contribution is -2.35. The van der Waals surface area contributed by atoms with E-state index in [0.717, 1.165) is 0 Å². The largest absolute Gasteiger partial charge is 0.337 e. The molecule has 2 heterocycles. The predicted octanol–water partition coefficient (Wildman–Crippen LogP) is -0.0763. The second-order valence-electron chi connectivity index (χ2n) is 5.00. The van der Waals surface area contributed by atoms with E-state index in [1.807, 2.05) is 6.92 Å². The van der Waals surface area contributed by atoms with Crippen LogP contribution in [-0.4, -0.2) is 37.8 Å². The molecule has 0 aliphatic heterocycles. The topological polar surface area (TPSA) is 112 Å². The first-order valence-corrected chi connectivity index (χ1v) is 6.73. The normalized spacial score (nSPS) is 12.0. The minimum atomic E-state index is -0.582. The van der Waals surface area contributed by atoms with Crippen molar-refractivity contribution in [2.24, 2.45) is 0 Å². The number of hydrogen-bond acceptors (Lipinski definition) is 5. The van der Waals surface area contributed by atoms with Gasteiger partial charge in [0.25, 0.3) is 5.56 Å². The summed E-state index contributed by atoms with van der Waals surface area (Å²) in [6, 6.07) is 1.48. The van der Waals surface area contributed by atoms with Crippen molar-refractivity contribution in [1.82, 2.24) is 24.8 Å². The summed E-state index contributed by atoms with van der Waals surface area (Å²) in [5.74, 6) is -0.244. The van der Waals surface area contributed by atoms with Crippen molar-refractivity contribution < 1.29 is 4.79 Å². The summed E-state index contributed by atoms with van der Waals surface area (Å²) in [7, 11) is 1.64. The third-order valence-corrected chi connectivity index (χ3v) is 3.59. The quantitative estimate of drug-likeness (QED) is 0.820. The fourth-order valence-electron chi connectivity index (χ4n) is 2.08. The van der Waals surface area contributed by atoms with Crippen LogP contribution in [0.15, 0.2) is 28.2 Å². The van der Waals surface area contributed by atoms with Crippen molar-refractivity contribution >= 4 is 5.91 Å². The smallest absolute Gasteiger partial charge is 0.325 e. The zero-order valence-electron chi connectivity index (χ0n) is 12.6. The molecule has 22 heavy (non-hydrogen) atoms. The Hall–Kier alpha value is -2.77. The Morgan fingerprint density at radius 3 is 2.68 bits per heavy atom. The van der Waals surface area contributed by atoms with Crippen LogP contribution < -0.4 is 11.2 Å². The number of carbonyl (C=O) groups excluding carboxylic acids is 1. The summed E-state index contributed by atoms with van der Waals surface area (Å²) < 4.78 is 0. The fraction of sp³-hybridized carbons (Fsp3) is 0.357. The molecule has 2 N–H and O–H groups in total. The summed E-state index contributed by atoms with van der Waals surface area (Å²) in [6.07, 6.45) is 2.93. The summed E-state index contributed by atoms with van der Waals surface area (Å²) >= 11 is 0. The van der Waals surface area contributed by atoms with Gasteiger partial charge in [-0.1, -0.05) is 0 Å². The minimum Gasteiger partial charge on any atom is -0.337 e. The van der Waals surface area contributed by atoms with Gasteiger partial charge in [-0.05, 0) is 19.9 Å². The number of amides is 1. The molecular weight excluding hydrogens is 286 g/mol. The van der Waals surface area contributed by atoms with Crippen molar-refractivity contribution in [2.45, 2.75) is 26.3 Å². The Bertz CT molecular complexity index is 781. The number of nitrogens with zero attached hydrogens (tertiary/aromatic N) is 3. The maximum atomic E-state index is 12.4. The number of likely N-dealkylation sites (N-methyl/N-ethyl adjacent to an activating group) is 1. The molecule has 116 valence electrons. The number of hydrogen-bond donors (Lipinski definition) is 2. The molecule has 0 unspecified atom stereocenters. The van der Waals surface area contributed by atoms with Crippen molar-refractivity contribution in [3.8, 4) is 0 Å². The number of H-pyrrole nitrogens is 2. The second kappa shape index (κ2) is 6.33. The van der Waals surface area contributed by atoms with Crippen LogP contribution in [0.5, 0.6) is 0 Å². The molecule has 0 saturated heterocycles. The first-order chi connectivity index (χ1) is 10.4. The molecule has 2 rings (SSSR count). The first-order valence-electron chi connectivity index (χ1n) is 6.73. The Kier molecular flexibility index (Phi) is 4.50. The van der Waals surface area contributed by atoms with Crippen molar-refractivity contribution in [1.29, 1.82) is 0 Å². The highest BCUT2D eigenvalue weighted by Gasteiger charge is 2.20. The van der Waals surface area contributed by atoms with Gasteiger partial charge in [0.1, 0.15) is 6.33 Å². The average Bonchev–Trinajstić information content (AvgIpc) is 2.50. The van der Waals surface area contributed by atoms with E-state index in [1.165, 1.54) is 11.2 Å². The lowest BCUT2D eigenvalue weighted by Gasteiger charge is -2.24. The molecule has 0 saturated carbocycles. The predicted molar refractivity (Wildman–Crippen MR) is 79.3 cm³/mol. The molecule has 8 nitrogen and oxygen atoms in total. The van der Waals surface area contributed by atoms with Gasteiger partial charge in [-0.25, -0.2) is 14.8 Å². The Morgan fingerprint density at radius 1 is 1.36 bits per heavy atom. The molecule has 1 atom stereocenters. The summed E-state index contributed by atoms with van der Waals surface area (Å²) in [6.45, 7) is 3.43.